The monoisotopic (exact) mass is 463 g/mol. The molecular weight excluding hydrogens is 442 g/mol. The fourth-order valence-corrected chi connectivity index (χ4v) is 3.50. The van der Waals surface area contributed by atoms with Gasteiger partial charge in [0.2, 0.25) is 11.8 Å². The normalized spacial score (nSPS) is 12.3. The summed E-state index contributed by atoms with van der Waals surface area (Å²) in [5.74, 6) is 2.83. The fraction of sp³-hybridized carbons (Fsp3) is 0.217. The van der Waals surface area contributed by atoms with Crippen LogP contribution >= 0.6 is 0 Å². The van der Waals surface area contributed by atoms with Crippen LogP contribution in [0, 0.1) is 0 Å². The molecule has 1 amide bonds. The molecule has 11 heteroatoms. The van der Waals surface area contributed by atoms with E-state index < -0.39 is 0 Å². The Hall–Kier alpha value is -4.54. The number of rotatable bonds is 7. The lowest BCUT2D eigenvalue weighted by Gasteiger charge is -2.19. The van der Waals surface area contributed by atoms with Gasteiger partial charge in [0.05, 0.1) is 37.5 Å². The van der Waals surface area contributed by atoms with Crippen molar-refractivity contribution in [2.75, 3.05) is 32.8 Å². The van der Waals surface area contributed by atoms with Gasteiger partial charge >= 0.3 is 0 Å². The van der Waals surface area contributed by atoms with Gasteiger partial charge in [-0.1, -0.05) is 0 Å². The van der Waals surface area contributed by atoms with Gasteiger partial charge in [0.15, 0.2) is 28.7 Å². The van der Waals surface area contributed by atoms with Gasteiger partial charge in [-0.2, -0.15) is 5.10 Å². The number of anilines is 1. The summed E-state index contributed by atoms with van der Waals surface area (Å²) in [5.41, 5.74) is 1.24. The first kappa shape index (κ1) is 21.3. The predicted octanol–water partition coefficient (Wildman–Crippen LogP) is 3.05. The first-order valence-corrected chi connectivity index (χ1v) is 10.4. The van der Waals surface area contributed by atoms with E-state index in [1.54, 1.807) is 50.7 Å². The van der Waals surface area contributed by atoms with E-state index in [-0.39, 0.29) is 12.5 Å². The number of fused-ring (bicyclic) bond motifs is 2. The van der Waals surface area contributed by atoms with Gasteiger partial charge < -0.3 is 29.0 Å². The number of benzene rings is 2. The summed E-state index contributed by atoms with van der Waals surface area (Å²) in [4.78, 5) is 21.0. The van der Waals surface area contributed by atoms with Crippen LogP contribution < -0.4 is 29.0 Å². The van der Waals surface area contributed by atoms with Gasteiger partial charge in [-0.25, -0.2) is 9.97 Å². The molecule has 4 aromatic rings. The summed E-state index contributed by atoms with van der Waals surface area (Å²) in [6.07, 6.45) is 4.51. The van der Waals surface area contributed by atoms with Gasteiger partial charge in [-0.15, -0.1) is 0 Å². The lowest BCUT2D eigenvalue weighted by molar-refractivity contribution is -0.116. The van der Waals surface area contributed by atoms with E-state index >= 15 is 0 Å². The van der Waals surface area contributed by atoms with Crippen LogP contribution in [0.25, 0.3) is 10.9 Å². The minimum Gasteiger partial charge on any atom is -0.493 e. The average Bonchev–Trinajstić information content (AvgIpc) is 3.29. The molecule has 0 saturated carbocycles. The highest BCUT2D eigenvalue weighted by Crippen LogP contribution is 2.36. The Morgan fingerprint density at radius 3 is 2.68 bits per heavy atom. The zero-order chi connectivity index (χ0) is 23.5. The Morgan fingerprint density at radius 2 is 1.85 bits per heavy atom. The molecule has 11 nitrogen and oxygen atoms in total. The maximum Gasteiger partial charge on any atom is 0.246 e. The largest absolute Gasteiger partial charge is 0.493 e. The zero-order valence-electron chi connectivity index (χ0n) is 18.5. The fourth-order valence-electron chi connectivity index (χ4n) is 3.50. The molecule has 2 aromatic heterocycles. The van der Waals surface area contributed by atoms with Crippen molar-refractivity contribution in [2.45, 2.75) is 6.54 Å². The van der Waals surface area contributed by atoms with Gasteiger partial charge in [-0.05, 0) is 18.2 Å². The molecule has 0 unspecified atom stereocenters. The van der Waals surface area contributed by atoms with Crippen molar-refractivity contribution in [2.24, 2.45) is 0 Å². The third-order valence-corrected chi connectivity index (χ3v) is 5.06. The highest BCUT2D eigenvalue weighted by molar-refractivity contribution is 5.91. The summed E-state index contributed by atoms with van der Waals surface area (Å²) < 4.78 is 29.1. The molecule has 1 aliphatic rings. The van der Waals surface area contributed by atoms with Crippen LogP contribution in [0.3, 0.4) is 0 Å². The molecular formula is C23H21N5O6. The lowest BCUT2D eigenvalue weighted by atomic mass is 10.2. The van der Waals surface area contributed by atoms with Crippen molar-refractivity contribution in [3.8, 4) is 34.6 Å². The molecule has 2 aromatic carbocycles. The van der Waals surface area contributed by atoms with Gasteiger partial charge in [-0.3, -0.25) is 9.48 Å². The number of methoxy groups -OCH3 is 2. The molecule has 0 saturated heterocycles. The lowest BCUT2D eigenvalue weighted by Crippen LogP contribution is -2.19. The molecule has 0 spiro atoms. The van der Waals surface area contributed by atoms with E-state index in [1.165, 1.54) is 17.2 Å². The Labute approximate surface area is 194 Å². The first-order chi connectivity index (χ1) is 16.6. The highest BCUT2D eigenvalue weighted by Gasteiger charge is 2.15. The van der Waals surface area contributed by atoms with E-state index in [2.05, 4.69) is 20.4 Å². The number of aromatic nitrogens is 4. The Kier molecular flexibility index (Phi) is 5.73. The summed E-state index contributed by atoms with van der Waals surface area (Å²) in [6, 6.07) is 8.74. The minimum atomic E-state index is -0.254. The number of hydrogen-bond acceptors (Lipinski definition) is 9. The van der Waals surface area contributed by atoms with Crippen molar-refractivity contribution in [1.29, 1.82) is 0 Å². The average molecular weight is 463 g/mol. The minimum absolute atomic E-state index is 0.00660. The van der Waals surface area contributed by atoms with Gasteiger partial charge in [0.25, 0.3) is 0 Å². The molecule has 34 heavy (non-hydrogen) atoms. The summed E-state index contributed by atoms with van der Waals surface area (Å²) in [7, 11) is 3.11. The Bertz CT molecular complexity index is 1360. The number of hydrogen-bond donors (Lipinski definition) is 1. The molecule has 0 fully saturated rings. The van der Waals surface area contributed by atoms with Crippen molar-refractivity contribution in [1.82, 2.24) is 19.7 Å². The Balaban J connectivity index is 1.28. The summed E-state index contributed by atoms with van der Waals surface area (Å²) in [6.45, 7) is 0.977. The third-order valence-electron chi connectivity index (χ3n) is 5.06. The van der Waals surface area contributed by atoms with E-state index in [9.17, 15) is 4.79 Å². The van der Waals surface area contributed by atoms with Crippen LogP contribution in [0.5, 0.6) is 34.6 Å². The number of nitrogens with zero attached hydrogens (tertiary/aromatic N) is 4. The molecule has 1 aliphatic heterocycles. The number of carbonyl (C=O) groups excluding carboxylic acids is 1. The van der Waals surface area contributed by atoms with Crippen LogP contribution in [0.1, 0.15) is 0 Å². The van der Waals surface area contributed by atoms with Crippen molar-refractivity contribution in [3.05, 3.63) is 49.1 Å². The van der Waals surface area contributed by atoms with Crippen molar-refractivity contribution in [3.63, 3.8) is 0 Å². The molecule has 3 heterocycles. The topological polar surface area (TPSA) is 119 Å². The number of ether oxygens (including phenoxy) is 5. The number of amides is 1. The third kappa shape index (κ3) is 4.35. The van der Waals surface area contributed by atoms with E-state index in [0.717, 1.165) is 0 Å². The quantitative estimate of drug-likeness (QED) is 0.441. The van der Waals surface area contributed by atoms with Crippen LogP contribution in [0.2, 0.25) is 0 Å². The second-order valence-electron chi connectivity index (χ2n) is 7.29. The van der Waals surface area contributed by atoms with Crippen LogP contribution in [0.15, 0.2) is 49.1 Å². The SMILES string of the molecule is COc1cc2ncnc(Oc3cnn(CC(=O)Nc4ccc5c(c4)OCCO5)c3)c2cc1OC. The van der Waals surface area contributed by atoms with E-state index in [1.807, 2.05) is 0 Å². The van der Waals surface area contributed by atoms with Crippen LogP contribution in [0.4, 0.5) is 5.69 Å². The van der Waals surface area contributed by atoms with Crippen molar-refractivity contribution < 1.29 is 28.5 Å². The molecule has 5 rings (SSSR count). The molecule has 1 N–H and O–H groups in total. The Morgan fingerprint density at radius 1 is 1.06 bits per heavy atom. The second kappa shape index (κ2) is 9.14. The van der Waals surface area contributed by atoms with E-state index in [4.69, 9.17) is 23.7 Å². The maximum atomic E-state index is 12.5. The van der Waals surface area contributed by atoms with Gasteiger partial charge in [0, 0.05) is 17.8 Å². The van der Waals surface area contributed by atoms with Crippen molar-refractivity contribution >= 4 is 22.5 Å². The smallest absolute Gasteiger partial charge is 0.246 e. The van der Waals surface area contributed by atoms with Crippen LogP contribution in [-0.4, -0.2) is 53.1 Å². The molecule has 0 atom stereocenters. The van der Waals surface area contributed by atoms with E-state index in [0.29, 0.717) is 64.4 Å². The standard InChI is InChI=1S/C23H21N5O6/c1-30-19-8-16-17(9-20(19)31-2)24-13-25-23(16)34-15-10-26-28(11-15)12-22(29)27-14-3-4-18-21(7-14)33-6-5-32-18/h3-4,7-11,13H,5-6,12H2,1-2H3,(H,27,29). The zero-order valence-corrected chi connectivity index (χ0v) is 18.5. The molecule has 0 bridgehead atoms. The summed E-state index contributed by atoms with van der Waals surface area (Å²) in [5, 5.41) is 7.67. The second-order valence-corrected chi connectivity index (χ2v) is 7.29. The first-order valence-electron chi connectivity index (χ1n) is 10.4. The number of carbonyl (C=O) groups is 1. The van der Waals surface area contributed by atoms with Crippen LogP contribution in [-0.2, 0) is 11.3 Å². The molecule has 0 radical (unpaired) electrons. The van der Waals surface area contributed by atoms with Gasteiger partial charge in [0.1, 0.15) is 26.1 Å². The summed E-state index contributed by atoms with van der Waals surface area (Å²) >= 11 is 0. The predicted molar refractivity (Wildman–Crippen MR) is 121 cm³/mol. The molecule has 174 valence electrons. The molecule has 0 aliphatic carbocycles. The number of nitrogens with one attached hydrogen (secondary N) is 1. The highest BCUT2D eigenvalue weighted by atomic mass is 16.6. The maximum absolute atomic E-state index is 12.5.